The molecule has 4 rings (SSSR count). The molecule has 156 valence electrons. The van der Waals surface area contributed by atoms with E-state index in [-0.39, 0.29) is 18.2 Å². The first-order valence-corrected chi connectivity index (χ1v) is 11.0. The molecule has 1 atom stereocenters. The van der Waals surface area contributed by atoms with Crippen molar-refractivity contribution in [3.05, 3.63) is 65.2 Å². The van der Waals surface area contributed by atoms with Gasteiger partial charge in [0, 0.05) is 18.8 Å². The third kappa shape index (κ3) is 5.13. The number of benzene rings is 2. The first kappa shape index (κ1) is 20.3. The number of carbonyl (C=O) groups is 1. The number of ether oxygens (including phenoxy) is 1. The van der Waals surface area contributed by atoms with Crippen LogP contribution in [0.3, 0.4) is 0 Å². The molecular formula is C25H29N3O2. The summed E-state index contributed by atoms with van der Waals surface area (Å²) < 4.78 is 5.74. The Morgan fingerprint density at radius 1 is 1.10 bits per heavy atom. The van der Waals surface area contributed by atoms with Gasteiger partial charge >= 0.3 is 6.09 Å². The predicted octanol–water partition coefficient (Wildman–Crippen LogP) is 4.94. The van der Waals surface area contributed by atoms with Gasteiger partial charge in [0.1, 0.15) is 6.10 Å². The molecule has 1 unspecified atom stereocenters. The van der Waals surface area contributed by atoms with Gasteiger partial charge in [-0.15, -0.1) is 0 Å². The van der Waals surface area contributed by atoms with Crippen molar-refractivity contribution in [1.82, 2.24) is 5.32 Å². The van der Waals surface area contributed by atoms with Gasteiger partial charge in [-0.3, -0.25) is 0 Å². The third-order valence-electron chi connectivity index (χ3n) is 6.07. The van der Waals surface area contributed by atoms with Crippen LogP contribution in [0.5, 0.6) is 0 Å². The number of hydrogen-bond acceptors (Lipinski definition) is 4. The molecule has 1 heterocycles. The number of rotatable bonds is 4. The van der Waals surface area contributed by atoms with E-state index in [0.717, 1.165) is 43.5 Å². The lowest BCUT2D eigenvalue weighted by Gasteiger charge is -2.36. The number of nitriles is 1. The van der Waals surface area contributed by atoms with Crippen molar-refractivity contribution in [2.75, 3.05) is 11.4 Å². The Morgan fingerprint density at radius 3 is 2.60 bits per heavy atom. The second kappa shape index (κ2) is 9.67. The quantitative estimate of drug-likeness (QED) is 0.735. The zero-order chi connectivity index (χ0) is 20.8. The first-order chi connectivity index (χ1) is 14.7. The van der Waals surface area contributed by atoms with Gasteiger partial charge < -0.3 is 15.0 Å². The molecule has 1 fully saturated rings. The van der Waals surface area contributed by atoms with Crippen LogP contribution < -0.4 is 10.2 Å². The Morgan fingerprint density at radius 2 is 1.87 bits per heavy atom. The maximum absolute atomic E-state index is 12.6. The number of amides is 1. The molecule has 2 aromatic carbocycles. The number of nitrogens with one attached hydrogen (secondary N) is 1. The maximum Gasteiger partial charge on any atom is 0.407 e. The van der Waals surface area contributed by atoms with Crippen molar-refractivity contribution in [3.8, 4) is 6.07 Å². The van der Waals surface area contributed by atoms with Crippen LogP contribution in [0.2, 0.25) is 0 Å². The summed E-state index contributed by atoms with van der Waals surface area (Å²) >= 11 is 0. The summed E-state index contributed by atoms with van der Waals surface area (Å²) in [6.45, 7) is 1.48. The largest absolute Gasteiger partial charge is 0.446 e. The minimum Gasteiger partial charge on any atom is -0.446 e. The lowest BCUT2D eigenvalue weighted by molar-refractivity contribution is 0.0860. The van der Waals surface area contributed by atoms with Crippen LogP contribution in [-0.4, -0.2) is 24.8 Å². The minimum atomic E-state index is -0.313. The van der Waals surface area contributed by atoms with E-state index in [4.69, 9.17) is 4.74 Å². The van der Waals surface area contributed by atoms with Crippen LogP contribution >= 0.6 is 0 Å². The second-order valence-electron chi connectivity index (χ2n) is 8.39. The average molecular weight is 404 g/mol. The second-order valence-corrected chi connectivity index (χ2v) is 8.39. The highest BCUT2D eigenvalue weighted by Gasteiger charge is 2.27. The molecule has 0 bridgehead atoms. The summed E-state index contributed by atoms with van der Waals surface area (Å²) in [5, 5.41) is 12.4. The number of hydrogen-bond donors (Lipinski definition) is 1. The molecule has 0 radical (unpaired) electrons. The number of alkyl carbamates (subject to hydrolysis) is 1. The molecule has 1 aliphatic carbocycles. The van der Waals surface area contributed by atoms with E-state index >= 15 is 0 Å². The van der Waals surface area contributed by atoms with Gasteiger partial charge in [0.15, 0.2) is 0 Å². The molecule has 30 heavy (non-hydrogen) atoms. The summed E-state index contributed by atoms with van der Waals surface area (Å²) in [5.41, 5.74) is 4.09. The molecule has 5 nitrogen and oxygen atoms in total. The number of fused-ring (bicyclic) bond motifs is 1. The van der Waals surface area contributed by atoms with E-state index in [1.807, 2.05) is 36.4 Å². The Labute approximate surface area is 178 Å². The van der Waals surface area contributed by atoms with Crippen molar-refractivity contribution in [2.45, 2.75) is 63.6 Å². The Kier molecular flexibility index (Phi) is 6.53. The lowest BCUT2D eigenvalue weighted by Crippen LogP contribution is -2.48. The SMILES string of the molecule is N#Cc1ccc2c(c1)CC(NC(=O)OC1CCCCCC1)CN2Cc1ccccc1. The summed E-state index contributed by atoms with van der Waals surface area (Å²) in [6, 6.07) is 18.3. The molecular weight excluding hydrogens is 374 g/mol. The molecule has 2 aliphatic rings. The number of nitrogens with zero attached hydrogens (tertiary/aromatic N) is 2. The van der Waals surface area contributed by atoms with Crippen molar-refractivity contribution in [1.29, 1.82) is 5.26 Å². The minimum absolute atomic E-state index is 0.0361. The summed E-state index contributed by atoms with van der Waals surface area (Å²) in [6.07, 6.45) is 7.09. The van der Waals surface area contributed by atoms with Crippen LogP contribution in [0.25, 0.3) is 0 Å². The molecule has 1 amide bonds. The highest BCUT2D eigenvalue weighted by atomic mass is 16.6. The average Bonchev–Trinajstić information content (AvgIpc) is 3.02. The standard InChI is InChI=1S/C25H29N3O2/c26-16-20-12-13-24-21(14-20)15-22(18-28(24)17-19-8-4-3-5-9-19)27-25(29)30-23-10-6-1-2-7-11-23/h3-5,8-9,12-14,22-23H,1-2,6-7,10-11,15,17-18H2,(H,27,29). The normalized spacial score (nSPS) is 19.3. The number of anilines is 1. The molecule has 2 aromatic rings. The van der Waals surface area contributed by atoms with E-state index in [2.05, 4.69) is 28.4 Å². The lowest BCUT2D eigenvalue weighted by atomic mass is 9.95. The smallest absolute Gasteiger partial charge is 0.407 e. The monoisotopic (exact) mass is 403 g/mol. The first-order valence-electron chi connectivity index (χ1n) is 11.0. The van der Waals surface area contributed by atoms with Crippen molar-refractivity contribution in [3.63, 3.8) is 0 Å². The highest BCUT2D eigenvalue weighted by Crippen LogP contribution is 2.30. The van der Waals surface area contributed by atoms with Crippen LogP contribution in [0.1, 0.15) is 55.2 Å². The van der Waals surface area contributed by atoms with Gasteiger partial charge in [-0.2, -0.15) is 5.26 Å². The maximum atomic E-state index is 12.6. The predicted molar refractivity (Wildman–Crippen MR) is 117 cm³/mol. The van der Waals surface area contributed by atoms with Crippen LogP contribution in [0, 0.1) is 11.3 Å². The zero-order valence-corrected chi connectivity index (χ0v) is 17.3. The van der Waals surface area contributed by atoms with Crippen LogP contribution in [0.4, 0.5) is 10.5 Å². The topological polar surface area (TPSA) is 65.4 Å². The van der Waals surface area contributed by atoms with Crippen molar-refractivity contribution >= 4 is 11.8 Å². The fourth-order valence-electron chi connectivity index (χ4n) is 4.58. The van der Waals surface area contributed by atoms with Crippen LogP contribution in [-0.2, 0) is 17.7 Å². The summed E-state index contributed by atoms with van der Waals surface area (Å²) in [7, 11) is 0. The summed E-state index contributed by atoms with van der Waals surface area (Å²) in [4.78, 5) is 14.9. The third-order valence-corrected chi connectivity index (χ3v) is 6.07. The van der Waals surface area contributed by atoms with Gasteiger partial charge in [-0.25, -0.2) is 4.79 Å². The Bertz CT molecular complexity index is 898. The van der Waals surface area contributed by atoms with Gasteiger partial charge in [0.05, 0.1) is 17.7 Å². The van der Waals surface area contributed by atoms with Crippen molar-refractivity contribution < 1.29 is 9.53 Å². The zero-order valence-electron chi connectivity index (χ0n) is 17.3. The van der Waals surface area contributed by atoms with E-state index in [9.17, 15) is 10.1 Å². The molecule has 5 heteroatoms. The molecule has 1 aliphatic heterocycles. The Hall–Kier alpha value is -3.00. The van der Waals surface area contributed by atoms with Gasteiger partial charge in [-0.05, 0) is 61.4 Å². The van der Waals surface area contributed by atoms with Gasteiger partial charge in [0.2, 0.25) is 0 Å². The van der Waals surface area contributed by atoms with E-state index in [0.29, 0.717) is 18.5 Å². The van der Waals surface area contributed by atoms with Gasteiger partial charge in [-0.1, -0.05) is 43.2 Å². The number of carbonyl (C=O) groups excluding carboxylic acids is 1. The van der Waals surface area contributed by atoms with E-state index in [1.165, 1.54) is 18.4 Å². The molecule has 0 aromatic heterocycles. The van der Waals surface area contributed by atoms with Gasteiger partial charge in [0.25, 0.3) is 0 Å². The fourth-order valence-corrected chi connectivity index (χ4v) is 4.58. The van der Waals surface area contributed by atoms with Crippen LogP contribution in [0.15, 0.2) is 48.5 Å². The van der Waals surface area contributed by atoms with E-state index in [1.54, 1.807) is 0 Å². The summed E-state index contributed by atoms with van der Waals surface area (Å²) in [5.74, 6) is 0. The molecule has 1 saturated carbocycles. The molecule has 0 spiro atoms. The van der Waals surface area contributed by atoms with E-state index < -0.39 is 0 Å². The highest BCUT2D eigenvalue weighted by molar-refractivity contribution is 5.69. The molecule has 0 saturated heterocycles. The Balaban J connectivity index is 1.47. The fraction of sp³-hybridized carbons (Fsp3) is 0.440. The van der Waals surface area contributed by atoms with Crippen molar-refractivity contribution in [2.24, 2.45) is 0 Å². The molecule has 1 N–H and O–H groups in total.